The molecule has 0 saturated carbocycles. The van der Waals surface area contributed by atoms with Gasteiger partial charge in [-0.3, -0.25) is 30.6 Å². The van der Waals surface area contributed by atoms with Crippen LogP contribution in [0.4, 0.5) is 28.4 Å². The molecule has 222 valence electrons. The second-order valence-corrected chi connectivity index (χ2v) is 11.9. The molecule has 0 unspecified atom stereocenters. The zero-order chi connectivity index (χ0) is 30.7. The Morgan fingerprint density at radius 3 is 2.05 bits per heavy atom. The first-order valence-corrected chi connectivity index (χ1v) is 12.9. The largest absolute Gasteiger partial charge is 0.444 e. The van der Waals surface area contributed by atoms with Crippen molar-refractivity contribution in [2.24, 2.45) is 0 Å². The van der Waals surface area contributed by atoms with E-state index in [9.17, 15) is 37.1 Å². The van der Waals surface area contributed by atoms with E-state index >= 15 is 0 Å². The molecule has 5 N–H and O–H groups in total. The third-order valence-corrected chi connectivity index (χ3v) is 6.14. The second kappa shape index (κ2) is 11.8. The van der Waals surface area contributed by atoms with Crippen molar-refractivity contribution < 1.29 is 46.6 Å². The van der Waals surface area contributed by atoms with Crippen LogP contribution in [0.15, 0.2) is 23.1 Å². The number of thioether (sulfide) groups is 1. The number of carbonyl (C=O) groups excluding carboxylic acids is 5. The normalized spacial score (nSPS) is 17.1. The predicted octanol–water partition coefficient (Wildman–Crippen LogP) is 3.23. The quantitative estimate of drug-likeness (QED) is 0.333. The molecule has 0 fully saturated rings. The number of alkyl halides is 3. The lowest BCUT2D eigenvalue weighted by Crippen LogP contribution is -2.67. The standard InChI is InChI=1S/C24H32F3N5O7S/c1-21(2,3)38-19(36)29-14-11-40-15-9-8-12(10-13(15)28-17(14)34)16(33)31-32-18(35)23(7,24(25,26)27)30-20(37)39-22(4,5)6/h8-10,14H,11H2,1-7H3,(H,28,34)(H,29,36)(H,30,37)(H,31,33)(H,32,35)/t14-,23+/m0/s1. The van der Waals surface area contributed by atoms with Crippen LogP contribution in [0.2, 0.25) is 0 Å². The van der Waals surface area contributed by atoms with E-state index < -0.39 is 58.9 Å². The highest BCUT2D eigenvalue weighted by molar-refractivity contribution is 7.99. The number of hydrazine groups is 1. The zero-order valence-electron chi connectivity index (χ0n) is 22.9. The molecule has 1 heterocycles. The van der Waals surface area contributed by atoms with E-state index in [1.54, 1.807) is 26.2 Å². The van der Waals surface area contributed by atoms with Gasteiger partial charge in [0.1, 0.15) is 17.2 Å². The monoisotopic (exact) mass is 591 g/mol. The van der Waals surface area contributed by atoms with Crippen molar-refractivity contribution in [1.82, 2.24) is 21.5 Å². The molecule has 12 nitrogen and oxygen atoms in total. The van der Waals surface area contributed by atoms with E-state index in [2.05, 4.69) is 10.6 Å². The topological polar surface area (TPSA) is 164 Å². The lowest BCUT2D eigenvalue weighted by Gasteiger charge is -2.32. The van der Waals surface area contributed by atoms with Crippen molar-refractivity contribution in [2.75, 3.05) is 11.1 Å². The fraction of sp³-hybridized carbons (Fsp3) is 0.542. The minimum absolute atomic E-state index is 0.118. The molecular weight excluding hydrogens is 559 g/mol. The Kier molecular flexibility index (Phi) is 9.61. The summed E-state index contributed by atoms with van der Waals surface area (Å²) < 4.78 is 51.2. The minimum Gasteiger partial charge on any atom is -0.444 e. The number of nitrogens with one attached hydrogen (secondary N) is 5. The van der Waals surface area contributed by atoms with Gasteiger partial charge in [0.05, 0.1) is 5.69 Å². The summed E-state index contributed by atoms with van der Waals surface area (Å²) >= 11 is 1.20. The average Bonchev–Trinajstić information content (AvgIpc) is 2.91. The van der Waals surface area contributed by atoms with Gasteiger partial charge in [-0.05, 0) is 66.7 Å². The molecule has 2 atom stereocenters. The molecule has 1 aliphatic rings. The highest BCUT2D eigenvalue weighted by Gasteiger charge is 2.58. The van der Waals surface area contributed by atoms with E-state index in [0.717, 1.165) is 0 Å². The Bertz CT molecular complexity index is 1180. The average molecular weight is 592 g/mol. The molecule has 0 radical (unpaired) electrons. The van der Waals surface area contributed by atoms with Crippen LogP contribution >= 0.6 is 11.8 Å². The summed E-state index contributed by atoms with van der Waals surface area (Å²) in [4.78, 5) is 62.3. The number of fused-ring (bicyclic) bond motifs is 1. The fourth-order valence-electron chi connectivity index (χ4n) is 3.00. The number of alkyl carbamates (subject to hydrolysis) is 2. The number of hydrogen-bond acceptors (Lipinski definition) is 8. The molecule has 1 aromatic rings. The van der Waals surface area contributed by atoms with Gasteiger partial charge in [0.2, 0.25) is 11.4 Å². The maximum absolute atomic E-state index is 13.7. The molecule has 0 spiro atoms. The smallest absolute Gasteiger partial charge is 0.420 e. The van der Waals surface area contributed by atoms with E-state index in [4.69, 9.17) is 9.47 Å². The van der Waals surface area contributed by atoms with E-state index in [-0.39, 0.29) is 17.0 Å². The van der Waals surface area contributed by atoms with Crippen LogP contribution in [0, 0.1) is 0 Å². The summed E-state index contributed by atoms with van der Waals surface area (Å²) in [5.74, 6) is -3.23. The molecule has 16 heteroatoms. The van der Waals surface area contributed by atoms with Crippen molar-refractivity contribution >= 4 is 47.4 Å². The molecule has 0 aromatic heterocycles. The number of halogens is 3. The van der Waals surface area contributed by atoms with Crippen molar-refractivity contribution in [1.29, 1.82) is 0 Å². The Morgan fingerprint density at radius 1 is 0.925 bits per heavy atom. The SMILES string of the molecule is CC(C)(C)OC(=O)N[C@H]1CSc2ccc(C(=O)NNC(=O)[C@@](C)(NC(=O)OC(C)(C)C)C(F)(F)F)cc2NC1=O. The summed E-state index contributed by atoms with van der Waals surface area (Å²) in [6, 6.07) is 3.10. The van der Waals surface area contributed by atoms with E-state index in [0.29, 0.717) is 11.8 Å². The number of hydrogen-bond donors (Lipinski definition) is 5. The van der Waals surface area contributed by atoms with Crippen LogP contribution in [0.25, 0.3) is 0 Å². The highest BCUT2D eigenvalue weighted by Crippen LogP contribution is 2.32. The molecule has 1 aromatic carbocycles. The van der Waals surface area contributed by atoms with Gasteiger partial charge in [0.15, 0.2) is 0 Å². The van der Waals surface area contributed by atoms with Gasteiger partial charge in [-0.1, -0.05) is 0 Å². The molecule has 5 amide bonds. The Balaban J connectivity index is 2.10. The minimum atomic E-state index is -5.26. The number of benzene rings is 1. The molecule has 0 aliphatic carbocycles. The number of amides is 5. The van der Waals surface area contributed by atoms with Crippen LogP contribution in [-0.4, -0.2) is 64.6 Å². The highest BCUT2D eigenvalue weighted by atomic mass is 32.2. The summed E-state index contributed by atoms with van der Waals surface area (Å²) in [7, 11) is 0. The molecule has 40 heavy (non-hydrogen) atoms. The van der Waals surface area contributed by atoms with Gasteiger partial charge < -0.3 is 20.1 Å². The summed E-state index contributed by atoms with van der Waals surface area (Å²) in [5, 5.41) is 6.55. The van der Waals surface area contributed by atoms with Gasteiger partial charge in [-0.25, -0.2) is 9.59 Å². The van der Waals surface area contributed by atoms with Crippen LogP contribution in [0.3, 0.4) is 0 Å². The first-order valence-electron chi connectivity index (χ1n) is 11.9. The van der Waals surface area contributed by atoms with Crippen molar-refractivity contribution in [3.63, 3.8) is 0 Å². The molecule has 2 rings (SSSR count). The van der Waals surface area contributed by atoms with Crippen LogP contribution in [0.1, 0.15) is 58.8 Å². The first kappa shape index (κ1) is 32.5. The van der Waals surface area contributed by atoms with Crippen molar-refractivity contribution in [3.05, 3.63) is 23.8 Å². The van der Waals surface area contributed by atoms with Gasteiger partial charge in [0.25, 0.3) is 11.8 Å². The molecule has 0 saturated heterocycles. The maximum Gasteiger partial charge on any atom is 0.420 e. The predicted molar refractivity (Wildman–Crippen MR) is 138 cm³/mol. The van der Waals surface area contributed by atoms with Gasteiger partial charge in [-0.2, -0.15) is 13.2 Å². The third-order valence-electron chi connectivity index (χ3n) is 4.97. The van der Waals surface area contributed by atoms with Gasteiger partial charge in [-0.15, -0.1) is 11.8 Å². The van der Waals surface area contributed by atoms with E-state index in [1.807, 2.05) is 5.43 Å². The lowest BCUT2D eigenvalue weighted by atomic mass is 10.0. The summed E-state index contributed by atoms with van der Waals surface area (Å²) in [5.41, 5.74) is -1.74. The Labute approximate surface area is 232 Å². The second-order valence-electron chi connectivity index (χ2n) is 10.9. The molecule has 0 bridgehead atoms. The number of rotatable bonds is 4. The molecule has 1 aliphatic heterocycles. The zero-order valence-corrected chi connectivity index (χ0v) is 23.7. The van der Waals surface area contributed by atoms with Crippen molar-refractivity contribution in [3.8, 4) is 0 Å². The van der Waals surface area contributed by atoms with Crippen LogP contribution in [0.5, 0.6) is 0 Å². The van der Waals surface area contributed by atoms with E-state index in [1.165, 1.54) is 56.0 Å². The van der Waals surface area contributed by atoms with Crippen molar-refractivity contribution in [2.45, 2.75) is 82.3 Å². The molecular formula is C24H32F3N5O7S. The summed E-state index contributed by atoms with van der Waals surface area (Å²) in [6.07, 6.45) is -7.54. The number of carbonyl (C=O) groups is 5. The summed E-state index contributed by atoms with van der Waals surface area (Å²) in [6.45, 7) is 9.70. The van der Waals surface area contributed by atoms with Crippen LogP contribution in [-0.2, 0) is 19.1 Å². The Hall–Kier alpha value is -3.69. The number of anilines is 1. The van der Waals surface area contributed by atoms with Crippen LogP contribution < -0.4 is 26.8 Å². The number of ether oxygens (including phenoxy) is 2. The third kappa shape index (κ3) is 8.93. The van der Waals surface area contributed by atoms with Gasteiger partial charge >= 0.3 is 18.4 Å². The maximum atomic E-state index is 13.7. The Morgan fingerprint density at radius 2 is 1.50 bits per heavy atom. The van der Waals surface area contributed by atoms with Gasteiger partial charge in [0, 0.05) is 16.2 Å². The fourth-order valence-corrected chi connectivity index (χ4v) is 4.01. The first-order chi connectivity index (χ1) is 18.1. The lowest BCUT2D eigenvalue weighted by molar-refractivity contribution is -0.195.